The third kappa shape index (κ3) is 2.71. The first kappa shape index (κ1) is 10.9. The van der Waals surface area contributed by atoms with E-state index in [0.29, 0.717) is 17.8 Å². The molecule has 16 heavy (non-hydrogen) atoms. The van der Waals surface area contributed by atoms with E-state index in [9.17, 15) is 0 Å². The Morgan fingerprint density at radius 2 is 2.06 bits per heavy atom. The zero-order chi connectivity index (χ0) is 11.4. The van der Waals surface area contributed by atoms with Gasteiger partial charge in [0.1, 0.15) is 11.8 Å². The fourth-order valence-electron chi connectivity index (χ4n) is 2.04. The lowest BCUT2D eigenvalue weighted by Crippen LogP contribution is -2.32. The van der Waals surface area contributed by atoms with E-state index in [1.807, 2.05) is 12.1 Å². The number of nitriles is 1. The van der Waals surface area contributed by atoms with Gasteiger partial charge in [-0.15, -0.1) is 0 Å². The molecule has 0 amide bonds. The predicted octanol–water partition coefficient (Wildman–Crippen LogP) is 1.64. The summed E-state index contributed by atoms with van der Waals surface area (Å²) >= 11 is 0. The molecule has 0 radical (unpaired) electrons. The molecule has 1 aromatic rings. The van der Waals surface area contributed by atoms with Gasteiger partial charge in [0.25, 0.3) is 0 Å². The van der Waals surface area contributed by atoms with E-state index in [1.165, 1.54) is 0 Å². The minimum Gasteiger partial charge on any atom is -0.381 e. The molecular formula is C12H16N4. The molecule has 1 heterocycles. The summed E-state index contributed by atoms with van der Waals surface area (Å²) in [4.78, 5) is 4.03. The maximum atomic E-state index is 8.63. The Morgan fingerprint density at radius 3 is 2.62 bits per heavy atom. The van der Waals surface area contributed by atoms with Crippen LogP contribution >= 0.6 is 0 Å². The van der Waals surface area contributed by atoms with E-state index in [0.717, 1.165) is 31.4 Å². The molecule has 1 saturated carbocycles. The van der Waals surface area contributed by atoms with Gasteiger partial charge in [-0.2, -0.15) is 5.26 Å². The molecule has 1 fully saturated rings. The summed E-state index contributed by atoms with van der Waals surface area (Å²) in [7, 11) is 0. The van der Waals surface area contributed by atoms with Gasteiger partial charge >= 0.3 is 0 Å². The van der Waals surface area contributed by atoms with Crippen LogP contribution in [-0.2, 0) is 0 Å². The highest BCUT2D eigenvalue weighted by Crippen LogP contribution is 2.20. The van der Waals surface area contributed by atoms with E-state index in [-0.39, 0.29) is 0 Å². The molecule has 1 aliphatic rings. The molecule has 2 rings (SSSR count). The quantitative estimate of drug-likeness (QED) is 0.788. The van der Waals surface area contributed by atoms with Crippen molar-refractivity contribution >= 4 is 5.69 Å². The zero-order valence-corrected chi connectivity index (χ0v) is 9.19. The third-order valence-corrected chi connectivity index (χ3v) is 3.02. The van der Waals surface area contributed by atoms with Crippen molar-refractivity contribution in [3.05, 3.63) is 24.0 Å². The summed E-state index contributed by atoms with van der Waals surface area (Å²) in [5.41, 5.74) is 7.29. The monoisotopic (exact) mass is 216 g/mol. The smallest absolute Gasteiger partial charge is 0.140 e. The standard InChI is InChI=1S/C12H16N4/c13-7-11-5-6-12(8-15-11)16-10-3-1-9(14)2-4-10/h5-6,8-10,16H,1-4,14H2. The van der Waals surface area contributed by atoms with Crippen LogP contribution < -0.4 is 11.1 Å². The lowest BCUT2D eigenvalue weighted by atomic mass is 9.92. The van der Waals surface area contributed by atoms with Gasteiger partial charge in [0, 0.05) is 12.1 Å². The normalized spacial score (nSPS) is 24.8. The van der Waals surface area contributed by atoms with E-state index >= 15 is 0 Å². The molecule has 0 saturated heterocycles. The molecule has 0 bridgehead atoms. The molecule has 1 aromatic heterocycles. The summed E-state index contributed by atoms with van der Waals surface area (Å²) in [5.74, 6) is 0. The molecule has 0 atom stereocenters. The second-order valence-electron chi connectivity index (χ2n) is 4.30. The van der Waals surface area contributed by atoms with Crippen LogP contribution in [0.3, 0.4) is 0 Å². The highest BCUT2D eigenvalue weighted by molar-refractivity contribution is 5.43. The van der Waals surface area contributed by atoms with Gasteiger partial charge in [-0.3, -0.25) is 0 Å². The summed E-state index contributed by atoms with van der Waals surface area (Å²) in [6.07, 6.45) is 6.11. The zero-order valence-electron chi connectivity index (χ0n) is 9.19. The number of anilines is 1. The topological polar surface area (TPSA) is 74.7 Å². The van der Waals surface area contributed by atoms with Crippen molar-refractivity contribution in [2.24, 2.45) is 5.73 Å². The van der Waals surface area contributed by atoms with E-state index < -0.39 is 0 Å². The van der Waals surface area contributed by atoms with Crippen molar-refractivity contribution in [1.29, 1.82) is 5.26 Å². The Balaban J connectivity index is 1.91. The Morgan fingerprint density at radius 1 is 1.31 bits per heavy atom. The largest absolute Gasteiger partial charge is 0.381 e. The van der Waals surface area contributed by atoms with Gasteiger partial charge in [0.2, 0.25) is 0 Å². The first-order chi connectivity index (χ1) is 7.78. The molecule has 0 aliphatic heterocycles. The van der Waals surface area contributed by atoms with Crippen molar-refractivity contribution in [3.8, 4) is 6.07 Å². The van der Waals surface area contributed by atoms with Crippen molar-refractivity contribution in [2.45, 2.75) is 37.8 Å². The minimum atomic E-state index is 0.372. The number of pyridine rings is 1. The van der Waals surface area contributed by atoms with Crippen LogP contribution in [0, 0.1) is 11.3 Å². The molecule has 0 unspecified atom stereocenters. The van der Waals surface area contributed by atoms with Crippen LogP contribution in [0.1, 0.15) is 31.4 Å². The fraction of sp³-hybridized carbons (Fsp3) is 0.500. The average molecular weight is 216 g/mol. The van der Waals surface area contributed by atoms with Crippen LogP contribution in [0.25, 0.3) is 0 Å². The number of hydrogen-bond donors (Lipinski definition) is 2. The Kier molecular flexibility index (Phi) is 3.37. The van der Waals surface area contributed by atoms with E-state index in [4.69, 9.17) is 11.0 Å². The number of rotatable bonds is 2. The summed E-state index contributed by atoms with van der Waals surface area (Å²) < 4.78 is 0. The number of hydrogen-bond acceptors (Lipinski definition) is 4. The van der Waals surface area contributed by atoms with Crippen molar-refractivity contribution in [3.63, 3.8) is 0 Å². The van der Waals surface area contributed by atoms with Crippen LogP contribution in [-0.4, -0.2) is 17.1 Å². The molecule has 4 nitrogen and oxygen atoms in total. The fourth-order valence-corrected chi connectivity index (χ4v) is 2.04. The lowest BCUT2D eigenvalue weighted by Gasteiger charge is -2.27. The van der Waals surface area contributed by atoms with Gasteiger partial charge in [0.05, 0.1) is 11.9 Å². The molecule has 0 aromatic carbocycles. The van der Waals surface area contributed by atoms with Crippen molar-refractivity contribution in [2.75, 3.05) is 5.32 Å². The first-order valence-corrected chi connectivity index (χ1v) is 5.66. The second kappa shape index (κ2) is 4.95. The van der Waals surface area contributed by atoms with Crippen LogP contribution in [0.2, 0.25) is 0 Å². The van der Waals surface area contributed by atoms with E-state index in [1.54, 1.807) is 12.3 Å². The number of nitrogens with zero attached hydrogens (tertiary/aromatic N) is 2. The maximum absolute atomic E-state index is 8.63. The summed E-state index contributed by atoms with van der Waals surface area (Å²) in [6, 6.07) is 6.51. The van der Waals surface area contributed by atoms with Gasteiger partial charge < -0.3 is 11.1 Å². The number of nitrogens with one attached hydrogen (secondary N) is 1. The molecule has 4 heteroatoms. The highest BCUT2D eigenvalue weighted by atomic mass is 14.9. The van der Waals surface area contributed by atoms with Crippen LogP contribution in [0.5, 0.6) is 0 Å². The third-order valence-electron chi connectivity index (χ3n) is 3.02. The molecule has 0 spiro atoms. The van der Waals surface area contributed by atoms with Gasteiger partial charge in [-0.05, 0) is 37.8 Å². The van der Waals surface area contributed by atoms with E-state index in [2.05, 4.69) is 10.3 Å². The summed E-state index contributed by atoms with van der Waals surface area (Å²) in [5, 5.41) is 12.1. The molecule has 3 N–H and O–H groups in total. The summed E-state index contributed by atoms with van der Waals surface area (Å²) in [6.45, 7) is 0. The molecule has 84 valence electrons. The van der Waals surface area contributed by atoms with Crippen LogP contribution in [0.4, 0.5) is 5.69 Å². The highest BCUT2D eigenvalue weighted by Gasteiger charge is 2.17. The Bertz CT molecular complexity index is 371. The molecular weight excluding hydrogens is 200 g/mol. The predicted molar refractivity (Wildman–Crippen MR) is 62.8 cm³/mol. The maximum Gasteiger partial charge on any atom is 0.140 e. The first-order valence-electron chi connectivity index (χ1n) is 5.66. The number of aromatic nitrogens is 1. The lowest BCUT2D eigenvalue weighted by molar-refractivity contribution is 0.411. The molecule has 1 aliphatic carbocycles. The second-order valence-corrected chi connectivity index (χ2v) is 4.30. The Hall–Kier alpha value is -1.60. The minimum absolute atomic E-state index is 0.372. The van der Waals surface area contributed by atoms with Gasteiger partial charge in [-0.25, -0.2) is 4.98 Å². The SMILES string of the molecule is N#Cc1ccc(NC2CCC(N)CC2)cn1. The van der Waals surface area contributed by atoms with Gasteiger partial charge in [0.15, 0.2) is 0 Å². The average Bonchev–Trinajstić information content (AvgIpc) is 2.33. The van der Waals surface area contributed by atoms with Gasteiger partial charge in [-0.1, -0.05) is 0 Å². The number of nitrogens with two attached hydrogens (primary N) is 1. The van der Waals surface area contributed by atoms with Crippen LogP contribution in [0.15, 0.2) is 18.3 Å². The Labute approximate surface area is 95.5 Å². The van der Waals surface area contributed by atoms with Crippen molar-refractivity contribution < 1.29 is 0 Å². The van der Waals surface area contributed by atoms with Crippen molar-refractivity contribution in [1.82, 2.24) is 4.98 Å².